The number of hydrogen-bond donors (Lipinski definition) is 1. The van der Waals surface area contributed by atoms with Crippen LogP contribution in [0.25, 0.3) is 16.5 Å². The van der Waals surface area contributed by atoms with Crippen LogP contribution < -0.4 is 5.32 Å². The van der Waals surface area contributed by atoms with Crippen molar-refractivity contribution >= 4 is 28.1 Å². The Bertz CT molecular complexity index is 1540. The highest BCUT2D eigenvalue weighted by Crippen LogP contribution is 2.42. The molecule has 36 heavy (non-hydrogen) atoms. The van der Waals surface area contributed by atoms with Crippen LogP contribution in [0.3, 0.4) is 0 Å². The first-order chi connectivity index (χ1) is 17.6. The van der Waals surface area contributed by atoms with Crippen molar-refractivity contribution in [3.63, 3.8) is 0 Å². The van der Waals surface area contributed by atoms with E-state index in [9.17, 15) is 0 Å². The number of hydrogen-bond acceptors (Lipinski definition) is 3. The summed E-state index contributed by atoms with van der Waals surface area (Å²) in [6.45, 7) is 5.06. The summed E-state index contributed by atoms with van der Waals surface area (Å²) in [5.74, 6) is 0. The zero-order chi connectivity index (χ0) is 24.6. The van der Waals surface area contributed by atoms with Gasteiger partial charge in [-0.3, -0.25) is 9.97 Å². The van der Waals surface area contributed by atoms with Gasteiger partial charge in [0.15, 0.2) is 5.11 Å². The minimum absolute atomic E-state index is 0.0115. The number of aryl methyl sites for hydroxylation is 1. The highest BCUT2D eigenvalue weighted by atomic mass is 32.1. The van der Waals surface area contributed by atoms with Crippen LogP contribution >= 0.6 is 12.2 Å². The van der Waals surface area contributed by atoms with Gasteiger partial charge in [0.05, 0.1) is 23.5 Å². The topological polar surface area (TPSA) is 46.0 Å². The lowest BCUT2D eigenvalue weighted by Gasteiger charge is -2.28. The second-order valence-electron chi connectivity index (χ2n) is 9.28. The summed E-state index contributed by atoms with van der Waals surface area (Å²) < 4.78 is 2.37. The Morgan fingerprint density at radius 2 is 1.75 bits per heavy atom. The number of nitrogens with zero attached hydrogens (tertiary/aromatic N) is 4. The lowest BCUT2D eigenvalue weighted by Crippen LogP contribution is -2.29. The van der Waals surface area contributed by atoms with Crippen LogP contribution in [0.4, 0.5) is 0 Å². The van der Waals surface area contributed by atoms with Crippen LogP contribution in [-0.4, -0.2) is 24.5 Å². The van der Waals surface area contributed by atoms with Crippen molar-refractivity contribution in [3.05, 3.63) is 126 Å². The number of fused-ring (bicyclic) bond motifs is 1. The van der Waals surface area contributed by atoms with Crippen LogP contribution in [0, 0.1) is 13.8 Å². The second-order valence-corrected chi connectivity index (χ2v) is 9.66. The highest BCUT2D eigenvalue weighted by molar-refractivity contribution is 7.80. The number of benzene rings is 2. The summed E-state index contributed by atoms with van der Waals surface area (Å²) in [5.41, 5.74) is 6.93. The van der Waals surface area contributed by atoms with E-state index in [1.54, 1.807) is 6.20 Å². The third kappa shape index (κ3) is 3.84. The summed E-state index contributed by atoms with van der Waals surface area (Å²) in [5, 5.41) is 6.78. The molecule has 0 spiro atoms. The molecule has 0 bridgehead atoms. The van der Waals surface area contributed by atoms with Crippen molar-refractivity contribution in [1.29, 1.82) is 0 Å². The molecule has 6 rings (SSSR count). The molecule has 5 aromatic rings. The molecule has 6 heteroatoms. The molecule has 178 valence electrons. The molecule has 2 aromatic carbocycles. The van der Waals surface area contributed by atoms with E-state index in [1.807, 2.05) is 30.6 Å². The first kappa shape index (κ1) is 22.4. The van der Waals surface area contributed by atoms with Crippen LogP contribution in [0.15, 0.2) is 97.5 Å². The Kier molecular flexibility index (Phi) is 5.74. The number of aromatic nitrogens is 3. The fourth-order valence-electron chi connectivity index (χ4n) is 5.46. The minimum Gasteiger partial charge on any atom is -0.352 e. The number of rotatable bonds is 5. The molecule has 1 N–H and O–H groups in total. The number of pyridine rings is 2. The van der Waals surface area contributed by atoms with Crippen molar-refractivity contribution in [3.8, 4) is 5.69 Å². The third-order valence-electron chi connectivity index (χ3n) is 7.07. The van der Waals surface area contributed by atoms with Gasteiger partial charge in [0.25, 0.3) is 0 Å². The molecule has 2 atom stereocenters. The maximum absolute atomic E-state index is 5.89. The molecule has 1 fully saturated rings. The van der Waals surface area contributed by atoms with Crippen LogP contribution in [0.5, 0.6) is 0 Å². The fourth-order valence-corrected chi connectivity index (χ4v) is 5.77. The van der Waals surface area contributed by atoms with Crippen molar-refractivity contribution in [2.75, 3.05) is 0 Å². The lowest BCUT2D eigenvalue weighted by atomic mass is 9.96. The summed E-state index contributed by atoms with van der Waals surface area (Å²) >= 11 is 5.89. The van der Waals surface area contributed by atoms with E-state index in [1.165, 1.54) is 33.4 Å². The van der Waals surface area contributed by atoms with E-state index in [4.69, 9.17) is 17.2 Å². The van der Waals surface area contributed by atoms with Crippen molar-refractivity contribution in [2.45, 2.75) is 32.5 Å². The molecular weight excluding hydrogens is 462 g/mol. The van der Waals surface area contributed by atoms with Gasteiger partial charge >= 0.3 is 0 Å². The Hall–Kier alpha value is -4.03. The third-order valence-corrected chi connectivity index (χ3v) is 7.42. The molecule has 5 nitrogen and oxygen atoms in total. The van der Waals surface area contributed by atoms with Gasteiger partial charge in [-0.15, -0.1) is 0 Å². The van der Waals surface area contributed by atoms with Gasteiger partial charge in [-0.25, -0.2) is 0 Å². The molecule has 1 saturated heterocycles. The standard InChI is InChI=1S/C30H27N5S/c1-20-17-25(21(2)35(20)27-14-7-11-23-10-3-4-12-24(23)27)29-28(26-13-5-6-16-32-26)33-30(36)34(29)19-22-9-8-15-31-18-22/h3-18,28-29H,19H2,1-2H3,(H,33,36)/t28-,29-/m0/s1. The molecule has 0 amide bonds. The van der Waals surface area contributed by atoms with E-state index in [-0.39, 0.29) is 12.1 Å². The average molecular weight is 490 g/mol. The SMILES string of the molecule is Cc1cc([C@H]2[C@H](c3ccccn3)NC(=S)N2Cc2cccnc2)c(C)n1-c1cccc2ccccc12. The highest BCUT2D eigenvalue weighted by Gasteiger charge is 2.41. The molecular formula is C30H27N5S. The Morgan fingerprint density at radius 1 is 0.917 bits per heavy atom. The van der Waals surface area contributed by atoms with E-state index in [0.717, 1.165) is 16.4 Å². The zero-order valence-electron chi connectivity index (χ0n) is 20.3. The molecule has 0 saturated carbocycles. The maximum Gasteiger partial charge on any atom is 0.170 e. The fraction of sp³-hybridized carbons (Fsp3) is 0.167. The summed E-state index contributed by atoms with van der Waals surface area (Å²) in [6.07, 6.45) is 5.56. The molecule has 3 aromatic heterocycles. The minimum atomic E-state index is -0.0585. The molecule has 1 aliphatic rings. The van der Waals surface area contributed by atoms with Gasteiger partial charge in [0.2, 0.25) is 0 Å². The van der Waals surface area contributed by atoms with Gasteiger partial charge in [-0.2, -0.15) is 0 Å². The van der Waals surface area contributed by atoms with Gasteiger partial charge in [0, 0.05) is 41.9 Å². The normalized spacial score (nSPS) is 17.5. The number of thiocarbonyl (C=S) groups is 1. The predicted molar refractivity (Wildman–Crippen MR) is 148 cm³/mol. The van der Waals surface area contributed by atoms with E-state index < -0.39 is 0 Å². The van der Waals surface area contributed by atoms with Gasteiger partial charge in [-0.05, 0) is 72.9 Å². The predicted octanol–water partition coefficient (Wildman–Crippen LogP) is 6.21. The van der Waals surface area contributed by atoms with Crippen LogP contribution in [-0.2, 0) is 6.54 Å². The van der Waals surface area contributed by atoms with Crippen molar-refractivity contribution in [2.24, 2.45) is 0 Å². The monoisotopic (exact) mass is 489 g/mol. The second kappa shape index (κ2) is 9.21. The Labute approximate surface area is 216 Å². The molecule has 0 aliphatic carbocycles. The smallest absolute Gasteiger partial charge is 0.170 e. The molecule has 0 radical (unpaired) electrons. The van der Waals surface area contributed by atoms with Crippen molar-refractivity contribution < 1.29 is 0 Å². The van der Waals surface area contributed by atoms with Gasteiger partial charge in [0.1, 0.15) is 0 Å². The summed E-state index contributed by atoms with van der Waals surface area (Å²) in [7, 11) is 0. The van der Waals surface area contributed by atoms with E-state index >= 15 is 0 Å². The number of nitrogens with one attached hydrogen (secondary N) is 1. The van der Waals surface area contributed by atoms with Crippen LogP contribution in [0.1, 0.15) is 40.3 Å². The quantitative estimate of drug-likeness (QED) is 0.297. The van der Waals surface area contributed by atoms with Crippen LogP contribution in [0.2, 0.25) is 0 Å². The first-order valence-electron chi connectivity index (χ1n) is 12.2. The first-order valence-corrected chi connectivity index (χ1v) is 12.6. The maximum atomic E-state index is 5.89. The zero-order valence-corrected chi connectivity index (χ0v) is 21.1. The largest absolute Gasteiger partial charge is 0.352 e. The molecule has 1 aliphatic heterocycles. The summed E-state index contributed by atoms with van der Waals surface area (Å²) in [6, 6.07) is 27.4. The van der Waals surface area contributed by atoms with Gasteiger partial charge < -0.3 is 14.8 Å². The lowest BCUT2D eigenvalue weighted by molar-refractivity contribution is 0.310. The average Bonchev–Trinajstić information content (AvgIpc) is 3.39. The van der Waals surface area contributed by atoms with E-state index in [2.05, 4.69) is 94.3 Å². The summed E-state index contributed by atoms with van der Waals surface area (Å²) in [4.78, 5) is 11.3. The Balaban J connectivity index is 1.50. The molecule has 0 unspecified atom stereocenters. The van der Waals surface area contributed by atoms with E-state index in [0.29, 0.717) is 6.54 Å². The van der Waals surface area contributed by atoms with Crippen molar-refractivity contribution in [1.82, 2.24) is 24.8 Å². The molecule has 4 heterocycles. The van der Waals surface area contributed by atoms with Gasteiger partial charge in [-0.1, -0.05) is 48.5 Å². The Morgan fingerprint density at radius 3 is 2.56 bits per heavy atom.